The zero-order chi connectivity index (χ0) is 20.0. The van der Waals surface area contributed by atoms with Gasteiger partial charge in [0.25, 0.3) is 0 Å². The van der Waals surface area contributed by atoms with Crippen LogP contribution in [0.3, 0.4) is 0 Å². The molecule has 2 aromatic rings. The summed E-state index contributed by atoms with van der Waals surface area (Å²) in [4.78, 5) is 35.4. The molecule has 0 fully saturated rings. The maximum absolute atomic E-state index is 13.7. The van der Waals surface area contributed by atoms with Crippen LogP contribution in [-0.2, 0) is 20.7 Å². The van der Waals surface area contributed by atoms with Crippen LogP contribution in [0.15, 0.2) is 42.5 Å². The molecule has 2 aromatic carbocycles. The molecule has 0 heterocycles. The summed E-state index contributed by atoms with van der Waals surface area (Å²) < 4.78 is 23.6. The second kappa shape index (κ2) is 8.93. The van der Waals surface area contributed by atoms with Crippen molar-refractivity contribution < 1.29 is 28.2 Å². The zero-order valence-corrected chi connectivity index (χ0v) is 15.2. The van der Waals surface area contributed by atoms with Crippen LogP contribution in [0.1, 0.15) is 29.8 Å². The second-order valence-corrected chi connectivity index (χ2v) is 5.90. The Kier molecular flexibility index (Phi) is 6.65. The molecule has 7 heteroatoms. The van der Waals surface area contributed by atoms with Crippen LogP contribution >= 0.6 is 0 Å². The van der Waals surface area contributed by atoms with Gasteiger partial charge in [0.15, 0.2) is 17.7 Å². The van der Waals surface area contributed by atoms with Crippen molar-refractivity contribution in [2.75, 3.05) is 12.4 Å². The van der Waals surface area contributed by atoms with Crippen LogP contribution in [0.2, 0.25) is 0 Å². The molecule has 0 aromatic heterocycles. The quantitative estimate of drug-likeness (QED) is 0.596. The van der Waals surface area contributed by atoms with E-state index in [9.17, 15) is 18.8 Å². The van der Waals surface area contributed by atoms with E-state index in [-0.39, 0.29) is 23.9 Å². The summed E-state index contributed by atoms with van der Waals surface area (Å²) in [5, 5.41) is 2.60. The molecule has 0 radical (unpaired) electrons. The second-order valence-electron chi connectivity index (χ2n) is 5.90. The molecule has 1 atom stereocenters. The van der Waals surface area contributed by atoms with Crippen molar-refractivity contribution in [2.24, 2.45) is 0 Å². The first-order valence-electron chi connectivity index (χ1n) is 8.24. The molecule has 27 heavy (non-hydrogen) atoms. The normalized spacial score (nSPS) is 11.4. The minimum absolute atomic E-state index is 0.0818. The van der Waals surface area contributed by atoms with Crippen LogP contribution in [-0.4, -0.2) is 30.9 Å². The van der Waals surface area contributed by atoms with Gasteiger partial charge in [-0.3, -0.25) is 14.4 Å². The number of carbonyl (C=O) groups is 3. The summed E-state index contributed by atoms with van der Waals surface area (Å²) in [5.41, 5.74) is 1.32. The fourth-order valence-corrected chi connectivity index (χ4v) is 2.43. The predicted octanol–water partition coefficient (Wildman–Crippen LogP) is 3.15. The monoisotopic (exact) mass is 373 g/mol. The van der Waals surface area contributed by atoms with Gasteiger partial charge in [-0.2, -0.15) is 0 Å². The Hall–Kier alpha value is -3.22. The molecule has 0 saturated heterocycles. The molecule has 0 spiro atoms. The fraction of sp³-hybridized carbons (Fsp3) is 0.250. The first-order valence-corrected chi connectivity index (χ1v) is 8.24. The summed E-state index contributed by atoms with van der Waals surface area (Å²) in [7, 11) is 1.35. The first-order chi connectivity index (χ1) is 12.8. The smallest absolute Gasteiger partial charge is 0.310 e. The number of halogens is 1. The molecule has 0 bridgehead atoms. The predicted molar refractivity (Wildman–Crippen MR) is 97.3 cm³/mol. The first kappa shape index (κ1) is 20.1. The molecule has 0 saturated carbocycles. The highest BCUT2D eigenvalue weighted by Crippen LogP contribution is 2.18. The van der Waals surface area contributed by atoms with Crippen molar-refractivity contribution in [2.45, 2.75) is 26.4 Å². The van der Waals surface area contributed by atoms with Crippen LogP contribution in [0.5, 0.6) is 5.75 Å². The average Bonchev–Trinajstić information content (AvgIpc) is 2.61. The van der Waals surface area contributed by atoms with E-state index in [1.165, 1.54) is 45.2 Å². The number of ketones is 1. The molecular formula is C20H20FNO5. The van der Waals surface area contributed by atoms with Crippen molar-refractivity contribution >= 4 is 23.3 Å². The Morgan fingerprint density at radius 2 is 1.78 bits per heavy atom. The van der Waals surface area contributed by atoms with Crippen LogP contribution in [0.25, 0.3) is 0 Å². The highest BCUT2D eigenvalue weighted by molar-refractivity contribution is 6.00. The third-order valence-corrected chi connectivity index (χ3v) is 3.73. The third-order valence-electron chi connectivity index (χ3n) is 3.73. The molecule has 2 rings (SSSR count). The summed E-state index contributed by atoms with van der Waals surface area (Å²) in [6.07, 6.45) is -1.16. The Labute approximate surface area is 156 Å². The fourth-order valence-electron chi connectivity index (χ4n) is 2.43. The average molecular weight is 373 g/mol. The Morgan fingerprint density at radius 1 is 1.11 bits per heavy atom. The van der Waals surface area contributed by atoms with Gasteiger partial charge < -0.3 is 14.8 Å². The van der Waals surface area contributed by atoms with E-state index in [2.05, 4.69) is 5.32 Å². The van der Waals surface area contributed by atoms with Gasteiger partial charge >= 0.3 is 5.97 Å². The van der Waals surface area contributed by atoms with Crippen molar-refractivity contribution in [3.63, 3.8) is 0 Å². The van der Waals surface area contributed by atoms with Gasteiger partial charge in [-0.25, -0.2) is 4.39 Å². The molecule has 0 aliphatic heterocycles. The van der Waals surface area contributed by atoms with Crippen molar-refractivity contribution in [1.82, 2.24) is 0 Å². The van der Waals surface area contributed by atoms with Crippen LogP contribution in [0.4, 0.5) is 10.1 Å². The van der Waals surface area contributed by atoms with Gasteiger partial charge in [-0.1, -0.05) is 6.07 Å². The van der Waals surface area contributed by atoms with Gasteiger partial charge in [0.1, 0.15) is 0 Å². The maximum atomic E-state index is 13.7. The summed E-state index contributed by atoms with van der Waals surface area (Å²) in [6, 6.07) is 10.4. The number of nitrogens with one attached hydrogen (secondary N) is 1. The molecule has 0 aliphatic rings. The SMILES string of the molecule is COc1ccc(CC(=O)OC(C)C(=O)c2ccc(NC(C)=O)cc2)cc1F. The number of hydrogen-bond acceptors (Lipinski definition) is 5. The van der Waals surface area contributed by atoms with Gasteiger partial charge in [-0.15, -0.1) is 0 Å². The number of carbonyl (C=O) groups excluding carboxylic acids is 3. The molecule has 1 unspecified atom stereocenters. The van der Waals surface area contributed by atoms with Crippen molar-refractivity contribution in [3.05, 3.63) is 59.4 Å². The number of esters is 1. The molecule has 0 aliphatic carbocycles. The minimum atomic E-state index is -0.993. The van der Waals surface area contributed by atoms with E-state index in [4.69, 9.17) is 9.47 Å². The summed E-state index contributed by atoms with van der Waals surface area (Å²) in [6.45, 7) is 2.85. The van der Waals surface area contributed by atoms with Crippen LogP contribution in [0, 0.1) is 5.82 Å². The Balaban J connectivity index is 1.96. The van der Waals surface area contributed by atoms with E-state index in [1.807, 2.05) is 0 Å². The standard InChI is InChI=1S/C20H20FNO5/c1-12(20(25)15-5-7-16(8-6-15)22-13(2)23)27-19(24)11-14-4-9-18(26-3)17(21)10-14/h4-10,12H,11H2,1-3H3,(H,22,23). The van der Waals surface area contributed by atoms with Crippen LogP contribution < -0.4 is 10.1 Å². The van der Waals surface area contributed by atoms with Gasteiger partial charge in [-0.05, 0) is 48.9 Å². The molecule has 1 amide bonds. The minimum Gasteiger partial charge on any atom is -0.494 e. The number of anilines is 1. The Bertz CT molecular complexity index is 848. The number of Topliss-reactive ketones (excluding diaryl/α,β-unsaturated/α-hetero) is 1. The zero-order valence-electron chi connectivity index (χ0n) is 15.2. The number of methoxy groups -OCH3 is 1. The topological polar surface area (TPSA) is 81.7 Å². The number of benzene rings is 2. The molecule has 1 N–H and O–H groups in total. The molecule has 142 valence electrons. The lowest BCUT2D eigenvalue weighted by molar-refractivity contribution is -0.145. The molecular weight excluding hydrogens is 353 g/mol. The number of amides is 1. The van der Waals surface area contributed by atoms with Crippen molar-refractivity contribution in [3.8, 4) is 5.75 Å². The number of hydrogen-bond donors (Lipinski definition) is 1. The summed E-state index contributed by atoms with van der Waals surface area (Å²) in [5.74, 6) is -1.73. The van der Waals surface area contributed by atoms with E-state index >= 15 is 0 Å². The van der Waals surface area contributed by atoms with E-state index < -0.39 is 17.9 Å². The number of rotatable bonds is 7. The summed E-state index contributed by atoms with van der Waals surface area (Å²) >= 11 is 0. The van der Waals surface area contributed by atoms with Gasteiger partial charge in [0.05, 0.1) is 13.5 Å². The lowest BCUT2D eigenvalue weighted by Gasteiger charge is -2.13. The lowest BCUT2D eigenvalue weighted by atomic mass is 10.1. The highest BCUT2D eigenvalue weighted by Gasteiger charge is 2.20. The Morgan fingerprint density at radius 3 is 2.33 bits per heavy atom. The third kappa shape index (κ3) is 5.64. The van der Waals surface area contributed by atoms with E-state index in [0.29, 0.717) is 16.8 Å². The van der Waals surface area contributed by atoms with Gasteiger partial charge in [0, 0.05) is 18.2 Å². The molecule has 6 nitrogen and oxygen atoms in total. The highest BCUT2D eigenvalue weighted by atomic mass is 19.1. The van der Waals surface area contributed by atoms with Crippen molar-refractivity contribution in [1.29, 1.82) is 0 Å². The van der Waals surface area contributed by atoms with E-state index in [0.717, 1.165) is 0 Å². The number of ether oxygens (including phenoxy) is 2. The maximum Gasteiger partial charge on any atom is 0.310 e. The van der Waals surface area contributed by atoms with Gasteiger partial charge in [0.2, 0.25) is 11.7 Å². The van der Waals surface area contributed by atoms with E-state index in [1.54, 1.807) is 18.2 Å². The largest absolute Gasteiger partial charge is 0.494 e. The lowest BCUT2D eigenvalue weighted by Crippen LogP contribution is -2.25.